The molecule has 7 N–H and O–H groups in total. The molecule has 0 saturated carbocycles. The molecule has 410 valence electrons. The third-order valence-electron chi connectivity index (χ3n) is 13.4. The summed E-state index contributed by atoms with van der Waals surface area (Å²) in [7, 11) is 0. The van der Waals surface area contributed by atoms with E-state index in [4.69, 9.17) is 28.4 Å². The zero-order valence-corrected chi connectivity index (χ0v) is 43.5. The summed E-state index contributed by atoms with van der Waals surface area (Å²) in [5, 5.41) is 72.2. The Morgan fingerprint density at radius 3 is 1.30 bits per heavy atom. The number of hydrogen-bond donors (Lipinski definition) is 7. The molecule has 0 aromatic heterocycles. The van der Waals surface area contributed by atoms with Gasteiger partial charge in [-0.15, -0.1) is 0 Å². The summed E-state index contributed by atoms with van der Waals surface area (Å²) in [6.45, 7) is 2.58. The van der Waals surface area contributed by atoms with E-state index < -0.39 is 92.7 Å². The number of aliphatic hydroxyl groups is 7. The molecule has 0 radical (unpaired) electrons. The Balaban J connectivity index is 1.76. The Hall–Kier alpha value is -2.02. The van der Waals surface area contributed by atoms with Crippen LogP contribution in [-0.4, -0.2) is 142 Å². The van der Waals surface area contributed by atoms with Crippen LogP contribution in [0.3, 0.4) is 0 Å². The van der Waals surface area contributed by atoms with Crippen LogP contribution in [0.2, 0.25) is 0 Å². The molecule has 0 aliphatic carbocycles. The van der Waals surface area contributed by atoms with Crippen LogP contribution in [-0.2, 0) is 38.0 Å². The Bertz CT molecular complexity index is 1310. The van der Waals surface area contributed by atoms with Crippen molar-refractivity contribution in [1.82, 2.24) is 0 Å². The molecule has 0 aromatic rings. The molecule has 15 nitrogen and oxygen atoms in total. The molecule has 70 heavy (non-hydrogen) atoms. The summed E-state index contributed by atoms with van der Waals surface area (Å²) in [5.41, 5.74) is 0. The van der Waals surface area contributed by atoms with Gasteiger partial charge in [-0.2, -0.15) is 0 Å². The first-order valence-electron chi connectivity index (χ1n) is 27.9. The normalized spacial score (nSPS) is 25.5. The summed E-state index contributed by atoms with van der Waals surface area (Å²) in [6, 6.07) is 0. The van der Waals surface area contributed by atoms with Gasteiger partial charge in [0.2, 0.25) is 0 Å². The van der Waals surface area contributed by atoms with Gasteiger partial charge in [0.25, 0.3) is 0 Å². The highest BCUT2D eigenvalue weighted by molar-refractivity contribution is 5.70. The number of aliphatic hydroxyl groups excluding tert-OH is 7. The van der Waals surface area contributed by atoms with Crippen LogP contribution in [0.25, 0.3) is 0 Å². The predicted molar refractivity (Wildman–Crippen MR) is 271 cm³/mol. The van der Waals surface area contributed by atoms with Crippen LogP contribution < -0.4 is 0 Å². The van der Waals surface area contributed by atoms with E-state index in [0.29, 0.717) is 12.8 Å². The third-order valence-corrected chi connectivity index (χ3v) is 13.4. The largest absolute Gasteiger partial charge is 0.462 e. The summed E-state index contributed by atoms with van der Waals surface area (Å²) < 4.78 is 33.7. The second-order valence-electron chi connectivity index (χ2n) is 19.8. The van der Waals surface area contributed by atoms with Gasteiger partial charge < -0.3 is 64.2 Å². The number of rotatable bonds is 44. The van der Waals surface area contributed by atoms with Crippen molar-refractivity contribution in [3.63, 3.8) is 0 Å². The number of unbranched alkanes of at least 4 members (excludes halogenated alkanes) is 26. The van der Waals surface area contributed by atoms with Gasteiger partial charge >= 0.3 is 11.9 Å². The van der Waals surface area contributed by atoms with Gasteiger partial charge in [0.1, 0.15) is 55.4 Å². The van der Waals surface area contributed by atoms with Crippen LogP contribution in [0.1, 0.15) is 219 Å². The van der Waals surface area contributed by atoms with Crippen LogP contribution in [0.15, 0.2) is 24.3 Å². The Morgan fingerprint density at radius 1 is 0.443 bits per heavy atom. The maximum Gasteiger partial charge on any atom is 0.306 e. The van der Waals surface area contributed by atoms with Gasteiger partial charge in [-0.3, -0.25) is 9.59 Å². The lowest BCUT2D eigenvalue weighted by atomic mass is 9.98. The number of allylic oxidation sites excluding steroid dienone is 4. The smallest absolute Gasteiger partial charge is 0.306 e. The van der Waals surface area contributed by atoms with E-state index in [0.717, 1.165) is 44.9 Å². The van der Waals surface area contributed by atoms with E-state index in [-0.39, 0.29) is 26.1 Å². The monoisotopic (exact) mass is 1000 g/mol. The van der Waals surface area contributed by atoms with E-state index in [2.05, 4.69) is 38.2 Å². The quantitative estimate of drug-likeness (QED) is 0.0172. The molecule has 2 fully saturated rings. The van der Waals surface area contributed by atoms with Gasteiger partial charge in [-0.25, -0.2) is 0 Å². The van der Waals surface area contributed by atoms with Gasteiger partial charge in [-0.1, -0.05) is 173 Å². The first-order chi connectivity index (χ1) is 34.0. The lowest BCUT2D eigenvalue weighted by Crippen LogP contribution is -2.61. The minimum Gasteiger partial charge on any atom is -0.462 e. The fourth-order valence-electron chi connectivity index (χ4n) is 8.78. The van der Waals surface area contributed by atoms with E-state index in [1.807, 2.05) is 0 Å². The average molecular weight is 1000 g/mol. The molecule has 2 heterocycles. The fraction of sp³-hybridized carbons (Fsp3) is 0.891. The Labute approximate surface area is 422 Å². The predicted octanol–water partition coefficient (Wildman–Crippen LogP) is 8.72. The van der Waals surface area contributed by atoms with Crippen molar-refractivity contribution in [2.45, 2.75) is 287 Å². The van der Waals surface area contributed by atoms with E-state index >= 15 is 0 Å². The van der Waals surface area contributed by atoms with E-state index in [9.17, 15) is 45.3 Å². The molecule has 2 aliphatic heterocycles. The maximum absolute atomic E-state index is 13.0. The lowest BCUT2D eigenvalue weighted by Gasteiger charge is -2.42. The topological polar surface area (TPSA) is 231 Å². The number of hydrogen-bond acceptors (Lipinski definition) is 15. The molecule has 4 unspecified atom stereocenters. The van der Waals surface area contributed by atoms with Crippen molar-refractivity contribution >= 4 is 11.9 Å². The maximum atomic E-state index is 13.0. The van der Waals surface area contributed by atoms with Crippen molar-refractivity contribution in [2.24, 2.45) is 0 Å². The summed E-state index contributed by atoms with van der Waals surface area (Å²) in [5.74, 6) is -0.922. The third kappa shape index (κ3) is 29.6. The molecule has 15 heteroatoms. The molecule has 2 rings (SSSR count). The summed E-state index contributed by atoms with van der Waals surface area (Å²) >= 11 is 0. The van der Waals surface area contributed by atoms with Gasteiger partial charge in [0.15, 0.2) is 18.7 Å². The molecule has 11 atom stereocenters. The highest BCUT2D eigenvalue weighted by Gasteiger charge is 2.47. The standard InChI is InChI=1S/C55H100O15/c1-3-5-7-9-11-13-15-17-19-20-21-22-24-25-27-29-31-33-35-37-46(57)65-40-43(68-47(58)38-36-34-32-30-28-26-23-18-16-14-12-10-8-6-4-2)41-66-54-53(64)51(62)49(60)45(70-54)42-67-55-52(63)50(61)48(59)44(39-56)69-55/h10,12,17,19,43-45,48-56,59-64H,3-9,11,13-16,18,20-42H2,1-2H3/b12-10+,19-17+/t43-,44+,45+,48-,49-,50?,51?,52?,53?,54+,55+/m0/s1. The first kappa shape index (κ1) is 64.1. The number of ether oxygens (including phenoxy) is 6. The number of carbonyl (C=O) groups is 2. The van der Waals surface area contributed by atoms with Crippen LogP contribution >= 0.6 is 0 Å². The number of esters is 2. The molecule has 2 aliphatic rings. The number of carbonyl (C=O) groups excluding carboxylic acids is 2. The molecule has 0 aromatic carbocycles. The highest BCUT2D eigenvalue weighted by Crippen LogP contribution is 2.27. The molecule has 2 saturated heterocycles. The first-order valence-corrected chi connectivity index (χ1v) is 27.9. The lowest BCUT2D eigenvalue weighted by molar-refractivity contribution is -0.332. The van der Waals surface area contributed by atoms with Crippen LogP contribution in [0.5, 0.6) is 0 Å². The molecule has 0 amide bonds. The van der Waals surface area contributed by atoms with Crippen molar-refractivity contribution in [2.75, 3.05) is 26.4 Å². The average Bonchev–Trinajstić information content (AvgIpc) is 3.35. The summed E-state index contributed by atoms with van der Waals surface area (Å²) in [4.78, 5) is 25.8. The second kappa shape index (κ2) is 42.3. The van der Waals surface area contributed by atoms with Crippen LogP contribution in [0, 0.1) is 0 Å². The summed E-state index contributed by atoms with van der Waals surface area (Å²) in [6.07, 6.45) is 27.7. The van der Waals surface area contributed by atoms with Crippen molar-refractivity contribution in [3.8, 4) is 0 Å². The van der Waals surface area contributed by atoms with Crippen molar-refractivity contribution < 1.29 is 73.8 Å². The fourth-order valence-corrected chi connectivity index (χ4v) is 8.78. The minimum absolute atomic E-state index is 0.164. The molecular weight excluding hydrogens is 901 g/mol. The SMILES string of the molecule is CCCC/C=C/CCCCCCCCCCCC(=O)O[C@@H](COC(=O)CCCCCCCCCCC/C=C/CCCCCCCC)CO[C@@H]1O[C@H](CO[C@@H]2O[C@H](CO)[C@H](O)C(O)C2O)[C@H](O)C(O)C1O. The second-order valence-corrected chi connectivity index (χ2v) is 19.8. The van der Waals surface area contributed by atoms with Crippen molar-refractivity contribution in [3.05, 3.63) is 24.3 Å². The van der Waals surface area contributed by atoms with E-state index in [1.54, 1.807) is 0 Å². The van der Waals surface area contributed by atoms with Crippen LogP contribution in [0.4, 0.5) is 0 Å². The van der Waals surface area contributed by atoms with Gasteiger partial charge in [0.05, 0.1) is 19.8 Å². The Kier molecular flexibility index (Phi) is 38.8. The zero-order valence-electron chi connectivity index (χ0n) is 43.5. The Morgan fingerprint density at radius 2 is 0.829 bits per heavy atom. The minimum atomic E-state index is -1.76. The van der Waals surface area contributed by atoms with Gasteiger partial charge in [0, 0.05) is 12.8 Å². The highest BCUT2D eigenvalue weighted by atomic mass is 16.7. The van der Waals surface area contributed by atoms with Gasteiger partial charge in [-0.05, 0) is 57.8 Å². The zero-order chi connectivity index (χ0) is 51.0. The van der Waals surface area contributed by atoms with Crippen molar-refractivity contribution in [1.29, 1.82) is 0 Å². The van der Waals surface area contributed by atoms with E-state index in [1.165, 1.54) is 135 Å². The molecule has 0 spiro atoms. The molecular formula is C55H100O15. The molecule has 0 bridgehead atoms.